The Morgan fingerprint density at radius 1 is 0.677 bits per heavy atom. The van der Waals surface area contributed by atoms with Crippen LogP contribution in [0.4, 0.5) is 0 Å². The van der Waals surface area contributed by atoms with Crippen molar-refractivity contribution in [1.82, 2.24) is 9.80 Å². The summed E-state index contributed by atoms with van der Waals surface area (Å²) in [6, 6.07) is 1.38. The molecule has 0 aliphatic heterocycles. The van der Waals surface area contributed by atoms with Gasteiger partial charge in [-0.3, -0.25) is 0 Å². The topological polar surface area (TPSA) is 6.48 Å². The number of hydrogen-bond donors (Lipinski definition) is 0. The zero-order valence-electron chi connectivity index (χ0n) is 19.5. The van der Waals surface area contributed by atoms with Crippen molar-refractivity contribution in [2.45, 2.75) is 109 Å². The van der Waals surface area contributed by atoms with Crippen LogP contribution in [0.2, 0.25) is 0 Å². The Kier molecular flexibility index (Phi) is 16.1. The second-order valence-corrected chi connectivity index (χ2v) is 14.8. The Morgan fingerprint density at radius 3 is 1.42 bits per heavy atom. The minimum absolute atomic E-state index is 0.692. The predicted molar refractivity (Wildman–Crippen MR) is 158 cm³/mol. The minimum atomic E-state index is 0.692. The summed E-state index contributed by atoms with van der Waals surface area (Å²) < 4.78 is 2.23. The third kappa shape index (κ3) is 11.0. The molecular weight excluding hydrogens is 497 g/mol. The minimum Gasteiger partial charge on any atom is -0.354 e. The van der Waals surface area contributed by atoms with Gasteiger partial charge in [0.15, 0.2) is 0 Å². The highest BCUT2D eigenvalue weighted by Crippen LogP contribution is 2.33. The molecule has 0 unspecified atom stereocenters. The summed E-state index contributed by atoms with van der Waals surface area (Å²) >= 11 is 11.6. The number of nitrogens with zero attached hydrogens (tertiary/aromatic N) is 2. The number of hydrogen-bond acceptors (Lipinski definition) is 6. The molecule has 0 aromatic rings. The van der Waals surface area contributed by atoms with E-state index in [2.05, 4.69) is 23.6 Å². The molecule has 0 saturated heterocycles. The first-order valence-electron chi connectivity index (χ1n) is 12.4. The van der Waals surface area contributed by atoms with E-state index in [-0.39, 0.29) is 0 Å². The van der Waals surface area contributed by atoms with Crippen LogP contribution in [-0.4, -0.2) is 55.1 Å². The van der Waals surface area contributed by atoms with Crippen molar-refractivity contribution < 1.29 is 0 Å². The Morgan fingerprint density at radius 2 is 1.06 bits per heavy atom. The lowest BCUT2D eigenvalue weighted by Crippen LogP contribution is -2.39. The van der Waals surface area contributed by atoms with Crippen LogP contribution in [0.3, 0.4) is 0 Å². The summed E-state index contributed by atoms with van der Waals surface area (Å²) in [7, 11) is 7.56. The van der Waals surface area contributed by atoms with Gasteiger partial charge in [-0.1, -0.05) is 98.4 Å². The Labute approximate surface area is 218 Å². The van der Waals surface area contributed by atoms with Crippen molar-refractivity contribution in [2.24, 2.45) is 0 Å². The van der Waals surface area contributed by atoms with Crippen molar-refractivity contribution in [3.8, 4) is 0 Å². The normalized spacial score (nSPS) is 18.1. The van der Waals surface area contributed by atoms with Gasteiger partial charge in [-0.2, -0.15) is 0 Å². The van der Waals surface area contributed by atoms with Gasteiger partial charge < -0.3 is 9.80 Å². The summed E-state index contributed by atoms with van der Waals surface area (Å²) in [6.45, 7) is 6.78. The van der Waals surface area contributed by atoms with Gasteiger partial charge in [-0.25, -0.2) is 0 Å². The Balaban J connectivity index is 1.59. The van der Waals surface area contributed by atoms with Crippen molar-refractivity contribution in [2.75, 3.05) is 24.6 Å². The molecule has 180 valence electrons. The molecular formula is C23H42N2S6. The molecule has 0 spiro atoms. The van der Waals surface area contributed by atoms with Gasteiger partial charge in [0.1, 0.15) is 8.64 Å². The summed E-state index contributed by atoms with van der Waals surface area (Å²) in [4.78, 5) is 5.06. The molecule has 31 heavy (non-hydrogen) atoms. The summed E-state index contributed by atoms with van der Waals surface area (Å²) in [5.41, 5.74) is 0. The highest BCUT2D eigenvalue weighted by molar-refractivity contribution is 8.84. The molecule has 0 atom stereocenters. The molecule has 2 aliphatic rings. The molecule has 2 saturated carbocycles. The van der Waals surface area contributed by atoms with Gasteiger partial charge in [0.05, 0.1) is 0 Å². The summed E-state index contributed by atoms with van der Waals surface area (Å²) in [5, 5.41) is 0. The summed E-state index contributed by atoms with van der Waals surface area (Å²) in [6.07, 6.45) is 17.2. The Bertz CT molecular complexity index is 462. The van der Waals surface area contributed by atoms with Gasteiger partial charge in [0, 0.05) is 36.7 Å². The third-order valence-corrected chi connectivity index (χ3v) is 12.3. The lowest BCUT2D eigenvalue weighted by Gasteiger charge is -2.35. The van der Waals surface area contributed by atoms with Crippen LogP contribution in [0.1, 0.15) is 97.3 Å². The lowest BCUT2D eigenvalue weighted by molar-refractivity contribution is 0.251. The molecule has 0 amide bonds. The van der Waals surface area contributed by atoms with Crippen LogP contribution in [0, 0.1) is 0 Å². The van der Waals surface area contributed by atoms with Crippen LogP contribution in [0.15, 0.2) is 0 Å². The van der Waals surface area contributed by atoms with Gasteiger partial charge in [-0.15, -0.1) is 0 Å². The second-order valence-electron chi connectivity index (χ2n) is 8.67. The van der Waals surface area contributed by atoms with Crippen LogP contribution in [-0.2, 0) is 0 Å². The average molecular weight is 539 g/mol. The smallest absolute Gasteiger partial charge is 0.147 e. The number of thiocarbonyl (C=S) groups is 2. The van der Waals surface area contributed by atoms with E-state index in [1.807, 2.05) is 43.2 Å². The predicted octanol–water partition coefficient (Wildman–Crippen LogP) is 8.80. The maximum absolute atomic E-state index is 5.81. The maximum atomic E-state index is 5.81. The zero-order chi connectivity index (χ0) is 22.3. The first-order valence-corrected chi connectivity index (χ1v) is 17.8. The standard InChI is InChI=1S/C23H42N2S6/c1-3-16-24(20-12-7-5-8-13-20)22(26)30-28-18-11-19-29-31-23(27)25(17-4-2)21-14-9-6-10-15-21/h20-21H,3-19H2,1-2H3. The van der Waals surface area contributed by atoms with Crippen molar-refractivity contribution >= 4 is 76.3 Å². The largest absolute Gasteiger partial charge is 0.354 e. The third-order valence-electron chi connectivity index (χ3n) is 6.14. The molecule has 2 aliphatic carbocycles. The van der Waals surface area contributed by atoms with Crippen molar-refractivity contribution in [3.63, 3.8) is 0 Å². The zero-order valence-corrected chi connectivity index (χ0v) is 24.4. The van der Waals surface area contributed by atoms with E-state index in [1.54, 1.807) is 0 Å². The van der Waals surface area contributed by atoms with Gasteiger partial charge in [-0.05, 0) is 66.5 Å². The monoisotopic (exact) mass is 538 g/mol. The molecule has 2 rings (SSSR count). The van der Waals surface area contributed by atoms with Crippen molar-refractivity contribution in [3.05, 3.63) is 0 Å². The number of rotatable bonds is 12. The van der Waals surface area contributed by atoms with E-state index in [9.17, 15) is 0 Å². The van der Waals surface area contributed by atoms with E-state index < -0.39 is 0 Å². The molecule has 8 heteroatoms. The molecule has 2 fully saturated rings. The Hall–Kier alpha value is 1.18. The molecule has 0 N–H and O–H groups in total. The van der Waals surface area contributed by atoms with E-state index in [0.717, 1.165) is 33.2 Å². The molecule has 0 aromatic heterocycles. The molecule has 0 aromatic carbocycles. The second kappa shape index (κ2) is 17.6. The molecule has 0 bridgehead atoms. The SMILES string of the molecule is CCCN(C(=S)SSCCCSSC(=S)N(CCC)C1CCCCC1)C1CCCCC1. The van der Waals surface area contributed by atoms with Crippen LogP contribution in [0.5, 0.6) is 0 Å². The fraction of sp³-hybridized carbons (Fsp3) is 0.913. The van der Waals surface area contributed by atoms with Crippen LogP contribution < -0.4 is 0 Å². The highest BCUT2D eigenvalue weighted by atomic mass is 33.1. The first kappa shape index (κ1) is 28.4. The van der Waals surface area contributed by atoms with Crippen LogP contribution >= 0.6 is 67.6 Å². The van der Waals surface area contributed by atoms with Gasteiger partial charge in [0.25, 0.3) is 0 Å². The average Bonchev–Trinajstić information content (AvgIpc) is 2.81. The maximum Gasteiger partial charge on any atom is 0.147 e. The van der Waals surface area contributed by atoms with E-state index in [4.69, 9.17) is 24.4 Å². The molecule has 0 heterocycles. The fourth-order valence-corrected chi connectivity index (χ4v) is 10.1. The quantitative estimate of drug-likeness (QED) is 0.136. The van der Waals surface area contributed by atoms with Crippen molar-refractivity contribution in [1.29, 1.82) is 0 Å². The highest BCUT2D eigenvalue weighted by Gasteiger charge is 2.24. The lowest BCUT2D eigenvalue weighted by atomic mass is 9.94. The van der Waals surface area contributed by atoms with Crippen LogP contribution in [0.25, 0.3) is 0 Å². The molecule has 2 nitrogen and oxygen atoms in total. The molecule has 0 radical (unpaired) electrons. The van der Waals surface area contributed by atoms with E-state index in [1.165, 1.54) is 83.5 Å². The fourth-order valence-electron chi connectivity index (χ4n) is 4.57. The van der Waals surface area contributed by atoms with E-state index >= 15 is 0 Å². The van der Waals surface area contributed by atoms with E-state index in [0.29, 0.717) is 12.1 Å². The summed E-state index contributed by atoms with van der Waals surface area (Å²) in [5.74, 6) is 2.33. The van der Waals surface area contributed by atoms with Gasteiger partial charge >= 0.3 is 0 Å². The first-order chi connectivity index (χ1) is 15.2. The van der Waals surface area contributed by atoms with Gasteiger partial charge in [0.2, 0.25) is 0 Å².